The molecule has 0 aromatic carbocycles. The number of hydrogen-bond acceptors (Lipinski definition) is 5. The van der Waals surface area contributed by atoms with E-state index < -0.39 is 12.0 Å². The van der Waals surface area contributed by atoms with Crippen molar-refractivity contribution >= 4 is 27.9 Å². The first-order chi connectivity index (χ1) is 8.92. The van der Waals surface area contributed by atoms with Crippen LogP contribution in [0.25, 0.3) is 0 Å². The Hall–Kier alpha value is -1.37. The zero-order chi connectivity index (χ0) is 14.6. The van der Waals surface area contributed by atoms with Crippen LogP contribution in [0.15, 0.2) is 10.7 Å². The van der Waals surface area contributed by atoms with E-state index in [0.29, 0.717) is 11.1 Å². The van der Waals surface area contributed by atoms with Crippen molar-refractivity contribution in [1.82, 2.24) is 9.78 Å². The summed E-state index contributed by atoms with van der Waals surface area (Å²) in [6, 6.07) is -0.574. The molecular weight excluding hydrogens is 316 g/mol. The smallest absolute Gasteiger partial charge is 0.359 e. The largest absolute Gasteiger partial charge is 0.464 e. The van der Waals surface area contributed by atoms with E-state index >= 15 is 0 Å². The fourth-order valence-electron chi connectivity index (χ4n) is 1.66. The van der Waals surface area contributed by atoms with Crippen LogP contribution in [0.3, 0.4) is 0 Å². The average Bonchev–Trinajstić information content (AvgIpc) is 2.70. The van der Waals surface area contributed by atoms with Gasteiger partial charge in [0.1, 0.15) is 0 Å². The summed E-state index contributed by atoms with van der Waals surface area (Å²) in [5.74, 6) is -0.947. The van der Waals surface area contributed by atoms with Crippen molar-refractivity contribution in [2.75, 3.05) is 13.7 Å². The quantitative estimate of drug-likeness (QED) is 0.773. The molecule has 0 aliphatic carbocycles. The molecule has 0 saturated heterocycles. The first-order valence-electron chi connectivity index (χ1n) is 5.91. The topological polar surface area (TPSA) is 70.4 Å². The molecule has 0 aliphatic rings. The second kappa shape index (κ2) is 6.70. The first kappa shape index (κ1) is 15.7. The molecule has 0 N–H and O–H groups in total. The molecule has 1 rings (SSSR count). The van der Waals surface area contributed by atoms with Crippen LogP contribution in [0.2, 0.25) is 0 Å². The van der Waals surface area contributed by atoms with Gasteiger partial charge in [0.2, 0.25) is 0 Å². The predicted octanol–water partition coefficient (Wildman–Crippen LogP) is 2.19. The van der Waals surface area contributed by atoms with Crippen molar-refractivity contribution in [3.05, 3.63) is 16.4 Å². The van der Waals surface area contributed by atoms with E-state index in [0.717, 1.165) is 0 Å². The van der Waals surface area contributed by atoms with Crippen LogP contribution in [0.5, 0.6) is 0 Å². The number of hydrogen-bond donors (Lipinski definition) is 0. The first-order valence-corrected chi connectivity index (χ1v) is 6.71. The van der Waals surface area contributed by atoms with Crippen LogP contribution in [-0.4, -0.2) is 35.4 Å². The Kier molecular flexibility index (Phi) is 5.53. The summed E-state index contributed by atoms with van der Waals surface area (Å²) in [7, 11) is 1.28. The summed E-state index contributed by atoms with van der Waals surface area (Å²) < 4.78 is 11.6. The molecule has 0 fully saturated rings. The van der Waals surface area contributed by atoms with Gasteiger partial charge in [0.05, 0.1) is 18.2 Å². The van der Waals surface area contributed by atoms with Crippen LogP contribution in [0.1, 0.15) is 37.3 Å². The molecular formula is C12H17BrN2O4. The van der Waals surface area contributed by atoms with Crippen LogP contribution in [-0.2, 0) is 14.3 Å². The maximum atomic E-state index is 11.9. The molecule has 1 unspecified atom stereocenters. The van der Waals surface area contributed by atoms with Gasteiger partial charge in [-0.05, 0) is 28.8 Å². The minimum atomic E-state index is -0.574. The summed E-state index contributed by atoms with van der Waals surface area (Å²) in [5, 5.41) is 4.10. The Bertz CT molecular complexity index is 470. The van der Waals surface area contributed by atoms with Gasteiger partial charge in [0.15, 0.2) is 11.7 Å². The molecule has 6 nitrogen and oxygen atoms in total. The molecule has 0 spiro atoms. The summed E-state index contributed by atoms with van der Waals surface area (Å²) in [6.45, 7) is 5.81. The Labute approximate surface area is 120 Å². The number of carbonyl (C=O) groups is 2. The standard InChI is InChI=1S/C12H17BrN2O4/c1-5-19-12(17)10(7(2)3)15-6-8(13)9(14-15)11(16)18-4/h6-7,10H,5H2,1-4H3. The van der Waals surface area contributed by atoms with E-state index in [9.17, 15) is 9.59 Å². The minimum Gasteiger partial charge on any atom is -0.464 e. The Morgan fingerprint density at radius 3 is 2.58 bits per heavy atom. The average molecular weight is 333 g/mol. The van der Waals surface area contributed by atoms with Gasteiger partial charge >= 0.3 is 11.9 Å². The highest BCUT2D eigenvalue weighted by atomic mass is 79.9. The molecule has 1 atom stereocenters. The van der Waals surface area contributed by atoms with E-state index in [1.54, 1.807) is 13.1 Å². The minimum absolute atomic E-state index is 0.0173. The molecule has 1 aromatic rings. The fourth-order valence-corrected chi connectivity index (χ4v) is 2.11. The maximum Gasteiger partial charge on any atom is 0.359 e. The molecule has 1 heterocycles. The molecule has 0 amide bonds. The number of aromatic nitrogens is 2. The predicted molar refractivity (Wildman–Crippen MR) is 71.8 cm³/mol. The number of methoxy groups -OCH3 is 1. The monoisotopic (exact) mass is 332 g/mol. The maximum absolute atomic E-state index is 11.9. The SMILES string of the molecule is CCOC(=O)C(C(C)C)n1cc(Br)c(C(=O)OC)n1. The lowest BCUT2D eigenvalue weighted by atomic mass is 10.1. The Morgan fingerprint density at radius 1 is 1.47 bits per heavy atom. The zero-order valence-electron chi connectivity index (χ0n) is 11.3. The number of rotatable bonds is 5. The molecule has 19 heavy (non-hydrogen) atoms. The van der Waals surface area contributed by atoms with Gasteiger partial charge in [-0.3, -0.25) is 4.68 Å². The summed E-state index contributed by atoms with van der Waals surface area (Å²) in [6.07, 6.45) is 1.58. The van der Waals surface area contributed by atoms with Crippen molar-refractivity contribution in [1.29, 1.82) is 0 Å². The van der Waals surface area contributed by atoms with E-state index in [1.165, 1.54) is 11.8 Å². The summed E-state index contributed by atoms with van der Waals surface area (Å²) >= 11 is 3.23. The molecule has 0 saturated carbocycles. The second-order valence-corrected chi connectivity index (χ2v) is 5.09. The zero-order valence-corrected chi connectivity index (χ0v) is 12.9. The molecule has 1 aromatic heterocycles. The van der Waals surface area contributed by atoms with E-state index in [2.05, 4.69) is 25.8 Å². The van der Waals surface area contributed by atoms with E-state index in [-0.39, 0.29) is 17.6 Å². The highest BCUT2D eigenvalue weighted by Gasteiger charge is 2.28. The molecule has 7 heteroatoms. The lowest BCUT2D eigenvalue weighted by Crippen LogP contribution is -2.27. The molecule has 106 valence electrons. The lowest BCUT2D eigenvalue weighted by Gasteiger charge is -2.19. The van der Waals surface area contributed by atoms with Crippen molar-refractivity contribution < 1.29 is 19.1 Å². The molecule has 0 bridgehead atoms. The lowest BCUT2D eigenvalue weighted by molar-refractivity contribution is -0.149. The van der Waals surface area contributed by atoms with Crippen molar-refractivity contribution in [3.63, 3.8) is 0 Å². The van der Waals surface area contributed by atoms with E-state index in [4.69, 9.17) is 4.74 Å². The van der Waals surface area contributed by atoms with Gasteiger partial charge in [-0.25, -0.2) is 9.59 Å². The normalized spacial score (nSPS) is 12.3. The third-order valence-corrected chi connectivity index (χ3v) is 3.09. The van der Waals surface area contributed by atoms with Gasteiger partial charge in [-0.1, -0.05) is 13.8 Å². The highest BCUT2D eigenvalue weighted by Crippen LogP contribution is 2.23. The van der Waals surface area contributed by atoms with Crippen LogP contribution in [0, 0.1) is 5.92 Å². The second-order valence-electron chi connectivity index (χ2n) is 4.24. The summed E-state index contributed by atoms with van der Waals surface area (Å²) in [4.78, 5) is 23.4. The number of nitrogens with zero attached hydrogens (tertiary/aromatic N) is 2. The van der Waals surface area contributed by atoms with Crippen LogP contribution >= 0.6 is 15.9 Å². The van der Waals surface area contributed by atoms with Gasteiger partial charge in [-0.15, -0.1) is 0 Å². The Morgan fingerprint density at radius 2 is 2.11 bits per heavy atom. The number of esters is 2. The van der Waals surface area contributed by atoms with Crippen LogP contribution in [0.4, 0.5) is 0 Å². The van der Waals surface area contributed by atoms with Gasteiger partial charge < -0.3 is 9.47 Å². The molecule has 0 aliphatic heterocycles. The summed E-state index contributed by atoms with van der Waals surface area (Å²) in [5.41, 5.74) is 0.137. The number of carbonyl (C=O) groups excluding carboxylic acids is 2. The Balaban J connectivity index is 3.11. The number of halogens is 1. The fraction of sp³-hybridized carbons (Fsp3) is 0.583. The van der Waals surface area contributed by atoms with Crippen molar-refractivity contribution in [2.24, 2.45) is 5.92 Å². The molecule has 0 radical (unpaired) electrons. The van der Waals surface area contributed by atoms with E-state index in [1.807, 2.05) is 13.8 Å². The third kappa shape index (κ3) is 3.56. The van der Waals surface area contributed by atoms with Gasteiger partial charge in [0.25, 0.3) is 0 Å². The van der Waals surface area contributed by atoms with Gasteiger partial charge in [0, 0.05) is 6.20 Å². The number of ether oxygens (including phenoxy) is 2. The van der Waals surface area contributed by atoms with Crippen molar-refractivity contribution in [3.8, 4) is 0 Å². The highest BCUT2D eigenvalue weighted by molar-refractivity contribution is 9.10. The van der Waals surface area contributed by atoms with Gasteiger partial charge in [-0.2, -0.15) is 5.10 Å². The van der Waals surface area contributed by atoms with Crippen LogP contribution < -0.4 is 0 Å². The third-order valence-electron chi connectivity index (χ3n) is 2.51. The van der Waals surface area contributed by atoms with Crippen molar-refractivity contribution in [2.45, 2.75) is 26.8 Å².